The Bertz CT molecular complexity index is 559. The molecule has 0 aliphatic carbocycles. The van der Waals surface area contributed by atoms with Gasteiger partial charge >= 0.3 is 11.9 Å². The number of carbonyl (C=O) groups is 2. The van der Waals surface area contributed by atoms with Crippen molar-refractivity contribution in [2.24, 2.45) is 0 Å². The Kier molecular flexibility index (Phi) is 3.74. The summed E-state index contributed by atoms with van der Waals surface area (Å²) in [7, 11) is 0. The summed E-state index contributed by atoms with van der Waals surface area (Å²) in [6.07, 6.45) is -0.144. The van der Waals surface area contributed by atoms with Crippen molar-refractivity contribution in [2.75, 3.05) is 0 Å². The lowest BCUT2D eigenvalue weighted by Gasteiger charge is -2.04. The molecule has 0 saturated carbocycles. The second-order valence-corrected chi connectivity index (χ2v) is 4.53. The molecule has 1 N–H and O–H groups in total. The van der Waals surface area contributed by atoms with Crippen molar-refractivity contribution in [1.29, 1.82) is 0 Å². The monoisotopic (exact) mass is 262 g/mol. The van der Waals surface area contributed by atoms with E-state index < -0.39 is 11.9 Å². The molecule has 1 aromatic heterocycles. The van der Waals surface area contributed by atoms with Gasteiger partial charge in [-0.1, -0.05) is 18.2 Å². The highest BCUT2D eigenvalue weighted by Gasteiger charge is 2.14. The van der Waals surface area contributed by atoms with E-state index in [4.69, 9.17) is 9.84 Å². The number of carbonyl (C=O) groups excluding carboxylic acids is 1. The molecule has 0 saturated heterocycles. The second-order valence-electron chi connectivity index (χ2n) is 3.53. The first kappa shape index (κ1) is 12.3. The first-order valence-electron chi connectivity index (χ1n) is 5.22. The summed E-state index contributed by atoms with van der Waals surface area (Å²) in [5.41, 5.74) is 0.435. The predicted octanol–water partition coefficient (Wildman–Crippen LogP) is 2.59. The normalized spacial score (nSPS) is 10.0. The van der Waals surface area contributed by atoms with E-state index in [2.05, 4.69) is 0 Å². The van der Waals surface area contributed by atoms with Crippen LogP contribution in [0.1, 0.15) is 15.2 Å². The van der Waals surface area contributed by atoms with Crippen LogP contribution in [0.2, 0.25) is 0 Å². The van der Waals surface area contributed by atoms with Crippen molar-refractivity contribution in [3.05, 3.63) is 52.2 Å². The SMILES string of the molecule is O=C(O)Cc1sccc1OC(=O)c1ccccc1. The van der Waals surface area contributed by atoms with Gasteiger partial charge in [0.05, 0.1) is 16.9 Å². The van der Waals surface area contributed by atoms with Gasteiger partial charge in [0, 0.05) is 0 Å². The molecule has 0 bridgehead atoms. The van der Waals surface area contributed by atoms with Crippen LogP contribution in [0, 0.1) is 0 Å². The molecule has 0 atom stereocenters. The smallest absolute Gasteiger partial charge is 0.343 e. The Morgan fingerprint density at radius 1 is 1.17 bits per heavy atom. The average Bonchev–Trinajstić information content (AvgIpc) is 2.77. The topological polar surface area (TPSA) is 63.6 Å². The van der Waals surface area contributed by atoms with Gasteiger partial charge in [0.15, 0.2) is 0 Å². The highest BCUT2D eigenvalue weighted by Crippen LogP contribution is 2.26. The molecule has 0 fully saturated rings. The van der Waals surface area contributed by atoms with E-state index in [1.165, 1.54) is 11.3 Å². The molecule has 0 aliphatic rings. The highest BCUT2D eigenvalue weighted by atomic mass is 32.1. The standard InChI is InChI=1S/C13H10O4S/c14-12(15)8-11-10(6-7-18-11)17-13(16)9-4-2-1-3-5-9/h1-7H,8H2,(H,14,15). The molecule has 0 aliphatic heterocycles. The van der Waals surface area contributed by atoms with Crippen LogP contribution >= 0.6 is 11.3 Å². The third kappa shape index (κ3) is 2.95. The zero-order valence-corrected chi connectivity index (χ0v) is 10.1. The Morgan fingerprint density at radius 2 is 1.89 bits per heavy atom. The predicted molar refractivity (Wildman–Crippen MR) is 67.1 cm³/mol. The van der Waals surface area contributed by atoms with Crippen molar-refractivity contribution < 1.29 is 19.4 Å². The van der Waals surface area contributed by atoms with Crippen LogP contribution in [0.4, 0.5) is 0 Å². The van der Waals surface area contributed by atoms with Gasteiger partial charge in [-0.2, -0.15) is 0 Å². The molecule has 18 heavy (non-hydrogen) atoms. The maximum atomic E-state index is 11.8. The number of rotatable bonds is 4. The van der Waals surface area contributed by atoms with E-state index in [9.17, 15) is 9.59 Å². The summed E-state index contributed by atoms with van der Waals surface area (Å²) >= 11 is 1.26. The molecule has 0 unspecified atom stereocenters. The third-order valence-electron chi connectivity index (χ3n) is 2.23. The zero-order chi connectivity index (χ0) is 13.0. The zero-order valence-electron chi connectivity index (χ0n) is 9.33. The number of hydrogen-bond acceptors (Lipinski definition) is 4. The van der Waals surface area contributed by atoms with Crippen LogP contribution in [0.15, 0.2) is 41.8 Å². The number of esters is 1. The number of thiophene rings is 1. The van der Waals surface area contributed by atoms with E-state index in [-0.39, 0.29) is 6.42 Å². The summed E-state index contributed by atoms with van der Waals surface area (Å²) in [6.45, 7) is 0. The maximum Gasteiger partial charge on any atom is 0.343 e. The van der Waals surface area contributed by atoms with Gasteiger partial charge in [-0.05, 0) is 23.6 Å². The lowest BCUT2D eigenvalue weighted by Crippen LogP contribution is -2.09. The molecule has 0 spiro atoms. The molecule has 2 rings (SSSR count). The molecular formula is C13H10O4S. The minimum atomic E-state index is -0.950. The molecule has 4 nitrogen and oxygen atoms in total. The number of carboxylic acids is 1. The van der Waals surface area contributed by atoms with Crippen molar-refractivity contribution >= 4 is 23.3 Å². The average molecular weight is 262 g/mol. The summed E-state index contributed by atoms with van der Waals surface area (Å²) in [6, 6.07) is 10.2. The molecule has 0 amide bonds. The van der Waals surface area contributed by atoms with E-state index in [0.717, 1.165) is 0 Å². The highest BCUT2D eigenvalue weighted by molar-refractivity contribution is 7.10. The Morgan fingerprint density at radius 3 is 2.56 bits per heavy atom. The van der Waals surface area contributed by atoms with Crippen LogP contribution in [0.25, 0.3) is 0 Å². The van der Waals surface area contributed by atoms with Gasteiger partial charge in [0.25, 0.3) is 0 Å². The summed E-state index contributed by atoms with van der Waals surface area (Å²) < 4.78 is 5.18. The molecule has 2 aromatic rings. The fraction of sp³-hybridized carbons (Fsp3) is 0.0769. The molecule has 1 heterocycles. The Labute approximate surface area is 107 Å². The van der Waals surface area contributed by atoms with Gasteiger partial charge < -0.3 is 9.84 Å². The quantitative estimate of drug-likeness (QED) is 0.860. The van der Waals surface area contributed by atoms with Gasteiger partial charge in [-0.25, -0.2) is 4.79 Å². The number of carboxylic acid groups (broad SMARTS) is 1. The van der Waals surface area contributed by atoms with Gasteiger partial charge in [0.1, 0.15) is 5.75 Å². The molecule has 0 radical (unpaired) electrons. The van der Waals surface area contributed by atoms with Crippen LogP contribution < -0.4 is 4.74 Å². The summed E-state index contributed by atoms with van der Waals surface area (Å²) in [5, 5.41) is 10.4. The number of aliphatic carboxylic acids is 1. The van der Waals surface area contributed by atoms with E-state index in [0.29, 0.717) is 16.2 Å². The van der Waals surface area contributed by atoms with Crippen molar-refractivity contribution in [2.45, 2.75) is 6.42 Å². The lowest BCUT2D eigenvalue weighted by atomic mass is 10.2. The largest absolute Gasteiger partial charge is 0.481 e. The first-order chi connectivity index (χ1) is 8.66. The second kappa shape index (κ2) is 5.46. The number of ether oxygens (including phenoxy) is 1. The number of hydrogen-bond donors (Lipinski definition) is 1. The maximum absolute atomic E-state index is 11.8. The fourth-order valence-electron chi connectivity index (χ4n) is 1.42. The van der Waals surface area contributed by atoms with Gasteiger partial charge in [0.2, 0.25) is 0 Å². The molecular weight excluding hydrogens is 252 g/mol. The Balaban J connectivity index is 2.13. The van der Waals surface area contributed by atoms with Gasteiger partial charge in [-0.15, -0.1) is 11.3 Å². The van der Waals surface area contributed by atoms with Gasteiger partial charge in [-0.3, -0.25) is 4.79 Å². The summed E-state index contributed by atoms with van der Waals surface area (Å²) in [4.78, 5) is 23.0. The van der Waals surface area contributed by atoms with E-state index in [1.54, 1.807) is 41.8 Å². The van der Waals surface area contributed by atoms with Crippen molar-refractivity contribution in [3.63, 3.8) is 0 Å². The van der Waals surface area contributed by atoms with Crippen LogP contribution in [0.5, 0.6) is 5.75 Å². The van der Waals surface area contributed by atoms with Crippen molar-refractivity contribution in [3.8, 4) is 5.75 Å². The fourth-order valence-corrected chi connectivity index (χ4v) is 2.21. The summed E-state index contributed by atoms with van der Waals surface area (Å²) in [5.74, 6) is -1.12. The van der Waals surface area contributed by atoms with E-state index >= 15 is 0 Å². The number of benzene rings is 1. The lowest BCUT2D eigenvalue weighted by molar-refractivity contribution is -0.136. The minimum Gasteiger partial charge on any atom is -0.481 e. The molecule has 92 valence electrons. The first-order valence-corrected chi connectivity index (χ1v) is 6.10. The molecule has 5 heteroatoms. The van der Waals surface area contributed by atoms with Crippen LogP contribution in [-0.2, 0) is 11.2 Å². The molecule has 1 aromatic carbocycles. The minimum absolute atomic E-state index is 0.144. The van der Waals surface area contributed by atoms with E-state index in [1.807, 2.05) is 0 Å². The van der Waals surface area contributed by atoms with Crippen LogP contribution in [-0.4, -0.2) is 17.0 Å². The Hall–Kier alpha value is -2.14. The third-order valence-corrected chi connectivity index (χ3v) is 3.13. The van der Waals surface area contributed by atoms with Crippen molar-refractivity contribution in [1.82, 2.24) is 0 Å². The van der Waals surface area contributed by atoms with Crippen LogP contribution in [0.3, 0.4) is 0 Å².